The molecule has 2 heterocycles. The maximum Gasteiger partial charge on any atom is 0.173 e. The van der Waals surface area contributed by atoms with Crippen molar-refractivity contribution in [3.63, 3.8) is 0 Å². The summed E-state index contributed by atoms with van der Waals surface area (Å²) in [6.07, 6.45) is 11.3. The van der Waals surface area contributed by atoms with Gasteiger partial charge in [-0.05, 0) is 35.4 Å². The van der Waals surface area contributed by atoms with Gasteiger partial charge in [-0.15, -0.1) is 0 Å². The molecule has 1 aliphatic carbocycles. The molecule has 114 valence electrons. The topological polar surface area (TPSA) is 15.6 Å². The van der Waals surface area contributed by atoms with Gasteiger partial charge in [0.15, 0.2) is 5.17 Å². The van der Waals surface area contributed by atoms with E-state index < -0.39 is 0 Å². The van der Waals surface area contributed by atoms with Crippen molar-refractivity contribution < 1.29 is 0 Å². The summed E-state index contributed by atoms with van der Waals surface area (Å²) in [7, 11) is 0. The lowest BCUT2D eigenvalue weighted by atomic mass is 9.93. The Labute approximate surface area is 133 Å². The van der Waals surface area contributed by atoms with Crippen molar-refractivity contribution in [1.29, 1.82) is 0 Å². The summed E-state index contributed by atoms with van der Waals surface area (Å²) >= 11 is 1.78. The quantitative estimate of drug-likeness (QED) is 0.650. The SMILES string of the molecule is CC.CC(C)C1=CN2C(=NC1)SC1=C2C=CC(C)(C)C=C1. The Bertz CT molecular complexity index is 560. The van der Waals surface area contributed by atoms with Crippen molar-refractivity contribution in [2.24, 2.45) is 16.3 Å². The standard InChI is InChI=1S/C16H20N2S.C2H6/c1-11(2)12-9-17-15-18(10-12)13-5-7-16(3,4)8-6-14(13)19-15;1-2/h5-8,10-11H,9H2,1-4H3;1-2H3. The normalized spacial score (nSPS) is 22.1. The first-order chi connectivity index (χ1) is 9.96. The zero-order valence-electron chi connectivity index (χ0n) is 14.0. The average molecular weight is 302 g/mol. The Morgan fingerprint density at radius 1 is 1.19 bits per heavy atom. The van der Waals surface area contributed by atoms with E-state index in [4.69, 9.17) is 4.99 Å². The zero-order chi connectivity index (χ0) is 15.6. The number of amidine groups is 1. The molecule has 0 saturated carbocycles. The van der Waals surface area contributed by atoms with Crippen molar-refractivity contribution in [3.05, 3.63) is 46.7 Å². The Balaban J connectivity index is 0.000000774. The van der Waals surface area contributed by atoms with Crippen LogP contribution in [0.3, 0.4) is 0 Å². The molecule has 21 heavy (non-hydrogen) atoms. The van der Waals surface area contributed by atoms with Gasteiger partial charge in [-0.25, -0.2) is 0 Å². The molecule has 0 fully saturated rings. The fourth-order valence-electron chi connectivity index (χ4n) is 2.27. The summed E-state index contributed by atoms with van der Waals surface area (Å²) in [5.41, 5.74) is 2.80. The van der Waals surface area contributed by atoms with Gasteiger partial charge in [0.25, 0.3) is 0 Å². The minimum Gasteiger partial charge on any atom is -0.295 e. The Morgan fingerprint density at radius 3 is 2.52 bits per heavy atom. The molecule has 0 radical (unpaired) electrons. The highest BCUT2D eigenvalue weighted by Crippen LogP contribution is 2.41. The van der Waals surface area contributed by atoms with Gasteiger partial charge in [0, 0.05) is 16.5 Å². The van der Waals surface area contributed by atoms with E-state index in [2.05, 4.69) is 63.1 Å². The maximum atomic E-state index is 4.71. The summed E-state index contributed by atoms with van der Waals surface area (Å²) in [6.45, 7) is 13.8. The van der Waals surface area contributed by atoms with Crippen LogP contribution < -0.4 is 0 Å². The number of allylic oxidation sites excluding steroid dienone is 4. The lowest BCUT2D eigenvalue weighted by molar-refractivity contribution is 0.620. The smallest absolute Gasteiger partial charge is 0.173 e. The van der Waals surface area contributed by atoms with Crippen LogP contribution in [0, 0.1) is 11.3 Å². The number of hydrogen-bond acceptors (Lipinski definition) is 3. The predicted octanol–water partition coefficient (Wildman–Crippen LogP) is 5.33. The lowest BCUT2D eigenvalue weighted by Crippen LogP contribution is -2.23. The molecule has 0 aromatic rings. The van der Waals surface area contributed by atoms with Crippen LogP contribution in [0.1, 0.15) is 41.5 Å². The van der Waals surface area contributed by atoms with Gasteiger partial charge in [0.2, 0.25) is 0 Å². The van der Waals surface area contributed by atoms with Gasteiger partial charge < -0.3 is 0 Å². The minimum atomic E-state index is 0.128. The molecule has 2 aliphatic heterocycles. The number of thioether (sulfide) groups is 1. The Kier molecular flexibility index (Phi) is 4.82. The number of hydrogen-bond donors (Lipinski definition) is 0. The number of nitrogens with zero attached hydrogens (tertiary/aromatic N) is 2. The van der Waals surface area contributed by atoms with Crippen molar-refractivity contribution in [1.82, 2.24) is 4.90 Å². The molecule has 0 aromatic carbocycles. The highest BCUT2D eigenvalue weighted by molar-refractivity contribution is 8.17. The first-order valence-corrected chi connectivity index (χ1v) is 8.63. The first-order valence-electron chi connectivity index (χ1n) is 7.81. The van der Waals surface area contributed by atoms with E-state index >= 15 is 0 Å². The molecule has 0 saturated heterocycles. The molecule has 0 spiro atoms. The molecule has 0 N–H and O–H groups in total. The molecule has 0 amide bonds. The Hall–Kier alpha value is -1.22. The molecule has 0 aromatic heterocycles. The lowest BCUT2D eigenvalue weighted by Gasteiger charge is -2.24. The summed E-state index contributed by atoms with van der Waals surface area (Å²) < 4.78 is 0. The highest BCUT2D eigenvalue weighted by Gasteiger charge is 2.30. The van der Waals surface area contributed by atoms with Gasteiger partial charge in [0.05, 0.1) is 12.2 Å². The molecule has 0 unspecified atom stereocenters. The van der Waals surface area contributed by atoms with E-state index in [9.17, 15) is 0 Å². The molecule has 0 atom stereocenters. The molecular formula is C18H26N2S. The van der Waals surface area contributed by atoms with E-state index in [1.165, 1.54) is 16.2 Å². The minimum absolute atomic E-state index is 0.128. The molecule has 3 heteroatoms. The largest absolute Gasteiger partial charge is 0.295 e. The highest BCUT2D eigenvalue weighted by atomic mass is 32.2. The monoisotopic (exact) mass is 302 g/mol. The van der Waals surface area contributed by atoms with Gasteiger partial charge >= 0.3 is 0 Å². The van der Waals surface area contributed by atoms with Crippen molar-refractivity contribution in [2.45, 2.75) is 41.5 Å². The van der Waals surface area contributed by atoms with Crippen LogP contribution in [0.4, 0.5) is 0 Å². The fourth-order valence-corrected chi connectivity index (χ4v) is 3.26. The fraction of sp³-hybridized carbons (Fsp3) is 0.500. The molecule has 3 aliphatic rings. The van der Waals surface area contributed by atoms with Gasteiger partial charge in [0.1, 0.15) is 0 Å². The van der Waals surface area contributed by atoms with Crippen molar-refractivity contribution >= 4 is 16.9 Å². The van der Waals surface area contributed by atoms with Gasteiger partial charge in [-0.1, -0.05) is 53.7 Å². The van der Waals surface area contributed by atoms with Crippen LogP contribution in [0.2, 0.25) is 0 Å². The summed E-state index contributed by atoms with van der Waals surface area (Å²) in [5, 5.41) is 1.11. The third-order valence-corrected chi connectivity index (χ3v) is 4.76. The van der Waals surface area contributed by atoms with Crippen LogP contribution in [0.5, 0.6) is 0 Å². The van der Waals surface area contributed by atoms with E-state index in [-0.39, 0.29) is 5.41 Å². The van der Waals surface area contributed by atoms with E-state index in [1.807, 2.05) is 13.8 Å². The molecule has 0 bridgehead atoms. The molecule has 3 rings (SSSR count). The number of fused-ring (bicyclic) bond motifs is 2. The summed E-state index contributed by atoms with van der Waals surface area (Å²) in [6, 6.07) is 0. The maximum absolute atomic E-state index is 4.71. The van der Waals surface area contributed by atoms with Crippen LogP contribution in [0.25, 0.3) is 0 Å². The number of aliphatic imine (C=N–C) groups is 1. The van der Waals surface area contributed by atoms with Crippen LogP contribution >= 0.6 is 11.8 Å². The number of rotatable bonds is 1. The average Bonchev–Trinajstić information content (AvgIpc) is 2.74. The third kappa shape index (κ3) is 3.34. The van der Waals surface area contributed by atoms with Crippen LogP contribution in [-0.2, 0) is 0 Å². The van der Waals surface area contributed by atoms with Crippen molar-refractivity contribution in [3.8, 4) is 0 Å². The first kappa shape index (κ1) is 16.2. The van der Waals surface area contributed by atoms with Crippen molar-refractivity contribution in [2.75, 3.05) is 6.54 Å². The van der Waals surface area contributed by atoms with E-state index in [0.717, 1.165) is 11.7 Å². The summed E-state index contributed by atoms with van der Waals surface area (Å²) in [4.78, 5) is 8.27. The second-order valence-corrected chi connectivity index (χ2v) is 7.18. The van der Waals surface area contributed by atoms with E-state index in [1.54, 1.807) is 11.8 Å². The second kappa shape index (κ2) is 6.27. The predicted molar refractivity (Wildman–Crippen MR) is 95.1 cm³/mol. The second-order valence-electron chi connectivity index (χ2n) is 6.17. The van der Waals surface area contributed by atoms with Crippen LogP contribution in [0.15, 0.2) is 51.7 Å². The van der Waals surface area contributed by atoms with Crippen LogP contribution in [-0.4, -0.2) is 16.6 Å². The van der Waals surface area contributed by atoms with Gasteiger partial charge in [-0.2, -0.15) is 0 Å². The molecular weight excluding hydrogens is 276 g/mol. The summed E-state index contributed by atoms with van der Waals surface area (Å²) in [5.74, 6) is 0.557. The third-order valence-electron chi connectivity index (χ3n) is 3.69. The van der Waals surface area contributed by atoms with Gasteiger partial charge in [-0.3, -0.25) is 9.89 Å². The molecule has 2 nitrogen and oxygen atoms in total. The van der Waals surface area contributed by atoms with E-state index in [0.29, 0.717) is 5.92 Å². The Morgan fingerprint density at radius 2 is 1.86 bits per heavy atom. The zero-order valence-corrected chi connectivity index (χ0v) is 14.8.